The van der Waals surface area contributed by atoms with Crippen LogP contribution >= 0.6 is 15.9 Å². The largest absolute Gasteiger partial charge is 0.357 e. The van der Waals surface area contributed by atoms with Crippen LogP contribution in [0.15, 0.2) is 53.1 Å². The zero-order chi connectivity index (χ0) is 17.8. The molecule has 1 N–H and O–H groups in total. The number of amides is 1. The van der Waals surface area contributed by atoms with Gasteiger partial charge in [0.15, 0.2) is 0 Å². The molecule has 0 atom stereocenters. The van der Waals surface area contributed by atoms with Crippen LogP contribution in [0.5, 0.6) is 0 Å². The molecule has 0 bridgehead atoms. The molecular weight excluding hydrogens is 390 g/mol. The fraction of sp³-hybridized carbons (Fsp3) is 0.190. The van der Waals surface area contributed by atoms with Gasteiger partial charge in [-0.05, 0) is 45.6 Å². The molecule has 130 valence electrons. The maximum absolute atomic E-state index is 13.1. The Labute approximate surface area is 159 Å². The van der Waals surface area contributed by atoms with E-state index in [1.807, 2.05) is 48.5 Å². The molecule has 0 radical (unpaired) electrons. The van der Waals surface area contributed by atoms with Crippen LogP contribution < -0.4 is 0 Å². The van der Waals surface area contributed by atoms with Crippen LogP contribution in [0.25, 0.3) is 21.8 Å². The third kappa shape index (κ3) is 2.31. The van der Waals surface area contributed by atoms with Crippen molar-refractivity contribution in [2.24, 2.45) is 7.05 Å². The summed E-state index contributed by atoms with van der Waals surface area (Å²) < 4.78 is 3.12. The van der Waals surface area contributed by atoms with Gasteiger partial charge < -0.3 is 14.5 Å². The van der Waals surface area contributed by atoms with Crippen LogP contribution in [-0.4, -0.2) is 26.9 Å². The van der Waals surface area contributed by atoms with E-state index in [2.05, 4.69) is 37.6 Å². The van der Waals surface area contributed by atoms with Crippen molar-refractivity contribution in [2.45, 2.75) is 13.0 Å². The number of hydrogen-bond donors (Lipinski definition) is 1. The molecule has 4 aromatic rings. The number of fused-ring (bicyclic) bond motifs is 4. The number of aryl methyl sites for hydroxylation is 1. The fourth-order valence-electron chi connectivity index (χ4n) is 3.95. The molecule has 3 heterocycles. The Balaban J connectivity index is 1.51. The van der Waals surface area contributed by atoms with Gasteiger partial charge in [0.05, 0.1) is 5.52 Å². The minimum Gasteiger partial charge on any atom is -0.357 e. The average Bonchev–Trinajstić information content (AvgIpc) is 3.22. The zero-order valence-electron chi connectivity index (χ0n) is 14.4. The summed E-state index contributed by atoms with van der Waals surface area (Å²) in [6.45, 7) is 1.39. The Kier molecular flexibility index (Phi) is 3.47. The summed E-state index contributed by atoms with van der Waals surface area (Å²) in [6.07, 6.45) is 2.88. The third-order valence-corrected chi connectivity index (χ3v) is 6.04. The van der Waals surface area contributed by atoms with E-state index in [0.29, 0.717) is 6.54 Å². The predicted molar refractivity (Wildman–Crippen MR) is 107 cm³/mol. The standard InChI is InChI=1S/C21H18BrN3O/c1-24-9-7-13-5-6-14(11-19(13)24)21(26)25-10-8-18-16(12-25)15-3-2-4-17(22)20(15)23-18/h2-7,9,11,23H,8,10,12H2,1H3. The van der Waals surface area contributed by atoms with E-state index >= 15 is 0 Å². The Hall–Kier alpha value is -2.53. The number of H-pyrrole nitrogens is 1. The highest BCUT2D eigenvalue weighted by Crippen LogP contribution is 2.32. The van der Waals surface area contributed by atoms with Gasteiger partial charge in [0.2, 0.25) is 0 Å². The maximum Gasteiger partial charge on any atom is 0.254 e. The highest BCUT2D eigenvalue weighted by atomic mass is 79.9. The van der Waals surface area contributed by atoms with Crippen LogP contribution in [0.4, 0.5) is 0 Å². The van der Waals surface area contributed by atoms with Gasteiger partial charge >= 0.3 is 0 Å². The molecule has 0 spiro atoms. The molecule has 4 nitrogen and oxygen atoms in total. The molecule has 0 saturated heterocycles. The second-order valence-corrected chi connectivity index (χ2v) is 7.78. The summed E-state index contributed by atoms with van der Waals surface area (Å²) >= 11 is 3.62. The maximum atomic E-state index is 13.1. The van der Waals surface area contributed by atoms with Crippen molar-refractivity contribution in [2.75, 3.05) is 6.54 Å². The first-order valence-electron chi connectivity index (χ1n) is 8.74. The number of aromatic amines is 1. The topological polar surface area (TPSA) is 41.0 Å². The van der Waals surface area contributed by atoms with Crippen molar-refractivity contribution in [3.63, 3.8) is 0 Å². The van der Waals surface area contributed by atoms with E-state index in [0.717, 1.165) is 39.4 Å². The summed E-state index contributed by atoms with van der Waals surface area (Å²) in [5, 5.41) is 2.36. The van der Waals surface area contributed by atoms with Gasteiger partial charge in [-0.25, -0.2) is 0 Å². The van der Waals surface area contributed by atoms with E-state index in [9.17, 15) is 4.79 Å². The van der Waals surface area contributed by atoms with Crippen LogP contribution in [-0.2, 0) is 20.0 Å². The van der Waals surface area contributed by atoms with Gasteiger partial charge in [0.1, 0.15) is 0 Å². The smallest absolute Gasteiger partial charge is 0.254 e. The molecule has 2 aromatic heterocycles. The summed E-state index contributed by atoms with van der Waals surface area (Å²) in [6, 6.07) is 14.2. The van der Waals surface area contributed by atoms with Crippen LogP contribution in [0.2, 0.25) is 0 Å². The quantitative estimate of drug-likeness (QED) is 0.491. The third-order valence-electron chi connectivity index (χ3n) is 5.38. The first-order chi connectivity index (χ1) is 12.6. The Bertz CT molecular complexity index is 1170. The predicted octanol–water partition coefficient (Wildman–Crippen LogP) is 4.62. The Morgan fingerprint density at radius 1 is 1.19 bits per heavy atom. The fourth-order valence-corrected chi connectivity index (χ4v) is 4.42. The lowest BCUT2D eigenvalue weighted by Gasteiger charge is -2.27. The molecule has 1 amide bonds. The van der Waals surface area contributed by atoms with Crippen molar-refractivity contribution in [3.05, 3.63) is 70.0 Å². The van der Waals surface area contributed by atoms with Gasteiger partial charge in [-0.3, -0.25) is 4.79 Å². The summed E-state index contributed by atoms with van der Waals surface area (Å²) in [5.74, 6) is 0.100. The van der Waals surface area contributed by atoms with Crippen LogP contribution in [0.3, 0.4) is 0 Å². The van der Waals surface area contributed by atoms with E-state index in [4.69, 9.17) is 0 Å². The summed E-state index contributed by atoms with van der Waals surface area (Å²) in [5.41, 5.74) is 5.44. The Morgan fingerprint density at radius 3 is 2.96 bits per heavy atom. The number of aromatic nitrogens is 2. The molecule has 26 heavy (non-hydrogen) atoms. The lowest BCUT2D eigenvalue weighted by molar-refractivity contribution is 0.0735. The molecule has 5 rings (SSSR count). The normalized spacial score (nSPS) is 14.2. The number of hydrogen-bond acceptors (Lipinski definition) is 1. The van der Waals surface area contributed by atoms with E-state index in [-0.39, 0.29) is 5.91 Å². The van der Waals surface area contributed by atoms with Crippen LogP contribution in [0.1, 0.15) is 21.6 Å². The highest BCUT2D eigenvalue weighted by Gasteiger charge is 2.25. The summed E-state index contributed by atoms with van der Waals surface area (Å²) in [7, 11) is 2.01. The molecule has 5 heteroatoms. The lowest BCUT2D eigenvalue weighted by Crippen LogP contribution is -2.35. The molecule has 1 aliphatic rings. The number of nitrogens with zero attached hydrogens (tertiary/aromatic N) is 2. The van der Waals surface area contributed by atoms with Crippen molar-refractivity contribution in [1.82, 2.24) is 14.5 Å². The molecule has 1 aliphatic heterocycles. The highest BCUT2D eigenvalue weighted by molar-refractivity contribution is 9.10. The van der Waals surface area contributed by atoms with Gasteiger partial charge in [-0.2, -0.15) is 0 Å². The molecule has 0 aliphatic carbocycles. The molecule has 2 aromatic carbocycles. The first kappa shape index (κ1) is 15.7. The van der Waals surface area contributed by atoms with Gasteiger partial charge in [0, 0.05) is 65.0 Å². The number of carbonyl (C=O) groups excluding carboxylic acids is 1. The first-order valence-corrected chi connectivity index (χ1v) is 9.53. The minimum atomic E-state index is 0.100. The molecule has 0 fully saturated rings. The van der Waals surface area contributed by atoms with Gasteiger partial charge in [-0.15, -0.1) is 0 Å². The van der Waals surface area contributed by atoms with Crippen molar-refractivity contribution < 1.29 is 4.79 Å². The van der Waals surface area contributed by atoms with Gasteiger partial charge in [0.25, 0.3) is 5.91 Å². The molecule has 0 saturated carbocycles. The molecule has 0 unspecified atom stereocenters. The second-order valence-electron chi connectivity index (χ2n) is 6.92. The number of halogens is 1. The van der Waals surface area contributed by atoms with Crippen molar-refractivity contribution >= 4 is 43.6 Å². The van der Waals surface area contributed by atoms with Gasteiger partial charge in [-0.1, -0.05) is 18.2 Å². The number of rotatable bonds is 1. The average molecular weight is 408 g/mol. The van der Waals surface area contributed by atoms with E-state index < -0.39 is 0 Å². The zero-order valence-corrected chi connectivity index (χ0v) is 16.0. The van der Waals surface area contributed by atoms with Crippen molar-refractivity contribution in [1.29, 1.82) is 0 Å². The Morgan fingerprint density at radius 2 is 2.08 bits per heavy atom. The van der Waals surface area contributed by atoms with Crippen molar-refractivity contribution in [3.8, 4) is 0 Å². The number of nitrogens with one attached hydrogen (secondary N) is 1. The lowest BCUT2D eigenvalue weighted by atomic mass is 10.0. The monoisotopic (exact) mass is 407 g/mol. The van der Waals surface area contributed by atoms with Crippen LogP contribution in [0, 0.1) is 0 Å². The number of para-hydroxylation sites is 1. The number of carbonyl (C=O) groups is 1. The SMILES string of the molecule is Cn1ccc2ccc(C(=O)N3CCc4[nH]c5c(Br)cccc5c4C3)cc21. The number of benzene rings is 2. The second kappa shape index (κ2) is 5.74. The summed E-state index contributed by atoms with van der Waals surface area (Å²) in [4.78, 5) is 18.6. The minimum absolute atomic E-state index is 0.100. The van der Waals surface area contributed by atoms with E-state index in [1.54, 1.807) is 0 Å². The van der Waals surface area contributed by atoms with E-state index in [1.165, 1.54) is 16.6 Å². The molecular formula is C21H18BrN3O.